The number of aryl methyl sites for hydroxylation is 1. The molecular weight excluding hydrogens is 529 g/mol. The van der Waals surface area contributed by atoms with Crippen LogP contribution in [0.1, 0.15) is 25.1 Å². The molecule has 0 bridgehead atoms. The summed E-state index contributed by atoms with van der Waals surface area (Å²) in [5.74, 6) is -0.116. The summed E-state index contributed by atoms with van der Waals surface area (Å²) in [7, 11) is -3.91. The first-order valence-corrected chi connectivity index (χ1v) is 15.1. The van der Waals surface area contributed by atoms with E-state index in [0.717, 1.165) is 6.42 Å². The number of hydrogen-bond acceptors (Lipinski definition) is 7. The Bertz CT molecular complexity index is 1520. The van der Waals surface area contributed by atoms with Crippen molar-refractivity contribution in [2.24, 2.45) is 11.8 Å². The van der Waals surface area contributed by atoms with Gasteiger partial charge in [-0.2, -0.15) is 4.31 Å². The molecule has 0 aliphatic carbocycles. The highest BCUT2D eigenvalue weighted by molar-refractivity contribution is 7.89. The second-order valence-electron chi connectivity index (χ2n) is 10.4. The molecule has 2 saturated heterocycles. The summed E-state index contributed by atoms with van der Waals surface area (Å²) in [5.41, 5.74) is -0.0288. The third-order valence-electron chi connectivity index (χ3n) is 7.36. The summed E-state index contributed by atoms with van der Waals surface area (Å²) in [5, 5.41) is 0.0538. The molecule has 2 aliphatic rings. The summed E-state index contributed by atoms with van der Waals surface area (Å²) >= 11 is 1.18. The van der Waals surface area contributed by atoms with Crippen molar-refractivity contribution < 1.29 is 17.6 Å². The van der Waals surface area contributed by atoms with E-state index in [9.17, 15) is 22.4 Å². The van der Waals surface area contributed by atoms with E-state index >= 15 is 0 Å². The Kier molecular flexibility index (Phi) is 7.31. The standard InChI is InChI=1S/C26H32FN5O4S2/c1-17-12-18(2)14-32(13-17)38(35,36)24-19(3)37-25-23(24)26(34)31(16-28-25)15-22(33)30-10-8-29(9-11-30)21-7-5-4-6-20(21)27/h4-7,16-18H,8-15H2,1-3H3/t17-,18-/m0/s1. The summed E-state index contributed by atoms with van der Waals surface area (Å²) < 4.78 is 44.3. The molecule has 0 spiro atoms. The van der Waals surface area contributed by atoms with Gasteiger partial charge in [-0.3, -0.25) is 14.2 Å². The average Bonchev–Trinajstić information content (AvgIpc) is 3.23. The molecule has 3 aromatic rings. The molecule has 2 atom stereocenters. The molecule has 0 N–H and O–H groups in total. The minimum atomic E-state index is -3.91. The van der Waals surface area contributed by atoms with E-state index in [4.69, 9.17) is 0 Å². The first-order chi connectivity index (χ1) is 18.1. The van der Waals surface area contributed by atoms with E-state index in [0.29, 0.717) is 54.7 Å². The van der Waals surface area contributed by atoms with Gasteiger partial charge in [0, 0.05) is 44.1 Å². The number of aromatic nitrogens is 2. The molecule has 9 nitrogen and oxygen atoms in total. The number of rotatable bonds is 5. The zero-order chi connectivity index (χ0) is 27.2. The van der Waals surface area contributed by atoms with E-state index in [-0.39, 0.29) is 40.4 Å². The highest BCUT2D eigenvalue weighted by atomic mass is 32.2. The molecule has 1 amide bonds. The number of thiophene rings is 1. The van der Waals surface area contributed by atoms with Gasteiger partial charge in [-0.25, -0.2) is 17.8 Å². The minimum Gasteiger partial charge on any atom is -0.366 e. The number of para-hydroxylation sites is 1. The van der Waals surface area contributed by atoms with Gasteiger partial charge in [0.1, 0.15) is 22.1 Å². The molecule has 38 heavy (non-hydrogen) atoms. The molecule has 1 aromatic carbocycles. The zero-order valence-electron chi connectivity index (χ0n) is 21.8. The predicted octanol–water partition coefficient (Wildman–Crippen LogP) is 2.92. The quantitative estimate of drug-likeness (QED) is 0.476. The van der Waals surface area contributed by atoms with Crippen molar-refractivity contribution in [2.45, 2.75) is 38.6 Å². The maximum absolute atomic E-state index is 14.2. The molecule has 2 fully saturated rings. The molecule has 0 saturated carbocycles. The lowest BCUT2D eigenvalue weighted by Gasteiger charge is -2.36. The Balaban J connectivity index is 1.37. The highest BCUT2D eigenvalue weighted by Gasteiger charge is 2.36. The van der Waals surface area contributed by atoms with Crippen molar-refractivity contribution >= 4 is 43.2 Å². The highest BCUT2D eigenvalue weighted by Crippen LogP contribution is 2.35. The van der Waals surface area contributed by atoms with Gasteiger partial charge in [0.05, 0.1) is 17.4 Å². The van der Waals surface area contributed by atoms with Crippen LogP contribution in [-0.2, 0) is 21.4 Å². The first-order valence-electron chi connectivity index (χ1n) is 12.8. The van der Waals surface area contributed by atoms with Crippen molar-refractivity contribution in [2.75, 3.05) is 44.2 Å². The van der Waals surface area contributed by atoms with Crippen LogP contribution in [0.15, 0.2) is 40.3 Å². The SMILES string of the molecule is Cc1sc2ncn(CC(=O)N3CCN(c4ccccc4F)CC3)c(=O)c2c1S(=O)(=O)N1C[C@@H](C)C[C@H](C)C1. The maximum atomic E-state index is 14.2. The van der Waals surface area contributed by atoms with Gasteiger partial charge in [0.25, 0.3) is 5.56 Å². The van der Waals surface area contributed by atoms with Crippen molar-refractivity contribution in [1.82, 2.24) is 18.8 Å². The zero-order valence-corrected chi connectivity index (χ0v) is 23.4. The van der Waals surface area contributed by atoms with Crippen LogP contribution in [-0.4, -0.2) is 72.3 Å². The summed E-state index contributed by atoms with van der Waals surface area (Å²) in [4.78, 5) is 35.4. The van der Waals surface area contributed by atoms with Gasteiger partial charge in [0.2, 0.25) is 15.9 Å². The molecule has 0 radical (unpaired) electrons. The number of carbonyl (C=O) groups excluding carboxylic acids is 1. The Morgan fingerprint density at radius 1 is 1.11 bits per heavy atom. The van der Waals surface area contributed by atoms with E-state index < -0.39 is 15.6 Å². The van der Waals surface area contributed by atoms with Gasteiger partial charge in [-0.1, -0.05) is 26.0 Å². The number of hydrogen-bond donors (Lipinski definition) is 0. The lowest BCUT2D eigenvalue weighted by molar-refractivity contribution is -0.132. The molecule has 4 heterocycles. The summed E-state index contributed by atoms with van der Waals surface area (Å²) in [6, 6.07) is 6.54. The lowest BCUT2D eigenvalue weighted by atomic mass is 9.94. The largest absolute Gasteiger partial charge is 0.366 e. The molecule has 204 valence electrons. The van der Waals surface area contributed by atoms with Crippen LogP contribution < -0.4 is 10.5 Å². The number of benzene rings is 1. The molecular formula is C26H32FN5O4S2. The van der Waals surface area contributed by atoms with Crippen molar-refractivity contribution in [1.29, 1.82) is 0 Å². The number of nitrogens with zero attached hydrogens (tertiary/aromatic N) is 5. The Morgan fingerprint density at radius 2 is 1.76 bits per heavy atom. The fraction of sp³-hybridized carbons (Fsp3) is 0.500. The van der Waals surface area contributed by atoms with Crippen molar-refractivity contribution in [3.05, 3.63) is 51.6 Å². The van der Waals surface area contributed by atoms with E-state index in [1.54, 1.807) is 30.0 Å². The third-order valence-corrected chi connectivity index (χ3v) is 10.5. The predicted molar refractivity (Wildman–Crippen MR) is 146 cm³/mol. The number of sulfonamides is 1. The fourth-order valence-electron chi connectivity index (χ4n) is 5.62. The molecule has 5 rings (SSSR count). The third kappa shape index (κ3) is 4.96. The number of piperidine rings is 1. The molecule has 2 aliphatic heterocycles. The van der Waals surface area contributed by atoms with Crippen LogP contribution in [0.5, 0.6) is 0 Å². The number of amides is 1. The topological polar surface area (TPSA) is 95.8 Å². The first kappa shape index (κ1) is 26.8. The molecule has 2 aromatic heterocycles. The van der Waals surface area contributed by atoms with Gasteiger partial charge in [0.15, 0.2) is 0 Å². The van der Waals surface area contributed by atoms with E-state index in [1.807, 2.05) is 18.7 Å². The number of piperazine rings is 1. The maximum Gasteiger partial charge on any atom is 0.263 e. The van der Waals surface area contributed by atoms with E-state index in [2.05, 4.69) is 4.98 Å². The van der Waals surface area contributed by atoms with E-state index in [1.165, 1.54) is 32.6 Å². The van der Waals surface area contributed by atoms with Crippen LogP contribution in [0, 0.1) is 24.6 Å². The Hall–Kier alpha value is -2.83. The van der Waals surface area contributed by atoms with Crippen molar-refractivity contribution in [3.8, 4) is 0 Å². The van der Waals surface area contributed by atoms with Gasteiger partial charge in [-0.15, -0.1) is 11.3 Å². The monoisotopic (exact) mass is 561 g/mol. The van der Waals surface area contributed by atoms with Gasteiger partial charge >= 0.3 is 0 Å². The van der Waals surface area contributed by atoms with Crippen LogP contribution in [0.2, 0.25) is 0 Å². The number of halogens is 1. The van der Waals surface area contributed by atoms with Gasteiger partial charge in [-0.05, 0) is 37.3 Å². The normalized spacial score (nSPS) is 21.3. The van der Waals surface area contributed by atoms with Crippen LogP contribution >= 0.6 is 11.3 Å². The lowest BCUT2D eigenvalue weighted by Crippen LogP contribution is -2.50. The minimum absolute atomic E-state index is 0.0107. The average molecular weight is 562 g/mol. The molecule has 0 unspecified atom stereocenters. The Labute approximate surface area is 225 Å². The number of carbonyl (C=O) groups is 1. The summed E-state index contributed by atoms with van der Waals surface area (Å²) in [6.07, 6.45) is 2.27. The van der Waals surface area contributed by atoms with Crippen LogP contribution in [0.3, 0.4) is 0 Å². The van der Waals surface area contributed by atoms with Crippen molar-refractivity contribution in [3.63, 3.8) is 0 Å². The smallest absolute Gasteiger partial charge is 0.263 e. The second-order valence-corrected chi connectivity index (χ2v) is 13.5. The second kappa shape index (κ2) is 10.4. The van der Waals surface area contributed by atoms with Crippen LogP contribution in [0.4, 0.5) is 10.1 Å². The molecule has 12 heteroatoms. The van der Waals surface area contributed by atoms with Gasteiger partial charge < -0.3 is 9.80 Å². The van der Waals surface area contributed by atoms with Crippen LogP contribution in [0.25, 0.3) is 10.2 Å². The number of anilines is 1. The summed E-state index contributed by atoms with van der Waals surface area (Å²) in [6.45, 7) is 8.06. The fourth-order valence-corrected chi connectivity index (χ4v) is 8.96. The number of fused-ring (bicyclic) bond motifs is 1. The Morgan fingerprint density at radius 3 is 2.42 bits per heavy atom.